The van der Waals surface area contributed by atoms with Gasteiger partial charge in [-0.05, 0) is 18.6 Å². The molecule has 1 atom stereocenters. The number of likely N-dealkylation sites (tertiary alicyclic amines) is 1. The van der Waals surface area contributed by atoms with Gasteiger partial charge in [0.1, 0.15) is 0 Å². The summed E-state index contributed by atoms with van der Waals surface area (Å²) in [6.07, 6.45) is 1.07. The average Bonchev–Trinajstić information content (AvgIpc) is 2.99. The van der Waals surface area contributed by atoms with Crippen LogP contribution in [-0.4, -0.2) is 58.5 Å². The molecule has 0 aromatic heterocycles. The minimum absolute atomic E-state index is 0.0109. The second-order valence-electron chi connectivity index (χ2n) is 5.36. The molecule has 1 aromatic carbocycles. The lowest BCUT2D eigenvalue weighted by Crippen LogP contribution is -2.49. The van der Waals surface area contributed by atoms with Crippen LogP contribution in [0.3, 0.4) is 0 Å². The zero-order valence-corrected chi connectivity index (χ0v) is 12.0. The third-order valence-electron chi connectivity index (χ3n) is 4.07. The van der Waals surface area contributed by atoms with Gasteiger partial charge < -0.3 is 10.0 Å². The van der Waals surface area contributed by atoms with Crippen LogP contribution in [0.1, 0.15) is 33.6 Å². The van der Waals surface area contributed by atoms with Crippen LogP contribution in [0, 0.1) is 0 Å². The summed E-state index contributed by atoms with van der Waals surface area (Å²) in [5.41, 5.74) is 3.61. The van der Waals surface area contributed by atoms with Crippen molar-refractivity contribution in [3.63, 3.8) is 0 Å². The molecule has 2 aliphatic rings. The number of carbonyl (C=O) groups is 3. The Labute approximate surface area is 127 Å². The molecule has 0 radical (unpaired) electrons. The molecule has 2 N–H and O–H groups in total. The van der Waals surface area contributed by atoms with E-state index >= 15 is 0 Å². The highest BCUT2D eigenvalue weighted by molar-refractivity contribution is 6.20. The first-order valence-electron chi connectivity index (χ1n) is 7.25. The maximum Gasteiger partial charge on any atom is 0.276 e. The lowest BCUT2D eigenvalue weighted by molar-refractivity contribution is -0.129. The highest BCUT2D eigenvalue weighted by Crippen LogP contribution is 2.22. The van der Waals surface area contributed by atoms with Crippen molar-refractivity contribution in [3.05, 3.63) is 35.4 Å². The summed E-state index contributed by atoms with van der Waals surface area (Å²) in [4.78, 5) is 37.7. The summed E-state index contributed by atoms with van der Waals surface area (Å²) in [7, 11) is 0. The van der Waals surface area contributed by atoms with E-state index in [1.807, 2.05) is 0 Å². The molecule has 0 saturated carbocycles. The van der Waals surface area contributed by atoms with Crippen molar-refractivity contribution in [2.75, 3.05) is 19.7 Å². The minimum Gasteiger partial charge on any atom is -0.395 e. The molecule has 1 saturated heterocycles. The fourth-order valence-corrected chi connectivity index (χ4v) is 2.95. The van der Waals surface area contributed by atoms with Crippen LogP contribution in [0.2, 0.25) is 0 Å². The molecule has 7 heteroatoms. The lowest BCUT2D eigenvalue weighted by Gasteiger charge is -2.26. The number of hydrogen-bond acceptors (Lipinski definition) is 5. The second-order valence-corrected chi connectivity index (χ2v) is 5.36. The highest BCUT2D eigenvalue weighted by atomic mass is 16.3. The van der Waals surface area contributed by atoms with Gasteiger partial charge in [0.05, 0.1) is 17.7 Å². The van der Waals surface area contributed by atoms with E-state index in [0.717, 1.165) is 5.01 Å². The number of benzene rings is 1. The SMILES string of the molecule is O=C1c2ccccc2C(=O)N1NC[C@H]1CCC(=O)N1CCO. The maximum absolute atomic E-state index is 12.2. The second kappa shape index (κ2) is 5.86. The minimum atomic E-state index is -0.376. The van der Waals surface area contributed by atoms with Gasteiger partial charge in [0.15, 0.2) is 0 Å². The normalized spacial score (nSPS) is 21.0. The van der Waals surface area contributed by atoms with Crippen LogP contribution < -0.4 is 5.43 Å². The van der Waals surface area contributed by atoms with Crippen molar-refractivity contribution < 1.29 is 19.5 Å². The predicted molar refractivity (Wildman–Crippen MR) is 76.8 cm³/mol. The number of carbonyl (C=O) groups excluding carboxylic acids is 3. The Morgan fingerprint density at radius 1 is 1.14 bits per heavy atom. The van der Waals surface area contributed by atoms with Crippen molar-refractivity contribution in [2.45, 2.75) is 18.9 Å². The predicted octanol–water partition coefficient (Wildman–Crippen LogP) is -0.229. The Bertz CT molecular complexity index is 596. The van der Waals surface area contributed by atoms with Crippen LogP contribution >= 0.6 is 0 Å². The van der Waals surface area contributed by atoms with Crippen LogP contribution in [0.5, 0.6) is 0 Å². The van der Waals surface area contributed by atoms with Crippen molar-refractivity contribution in [2.24, 2.45) is 0 Å². The molecule has 1 aromatic rings. The summed E-state index contributed by atoms with van der Waals surface area (Å²) < 4.78 is 0. The molecular weight excluding hydrogens is 286 g/mol. The molecule has 116 valence electrons. The van der Waals surface area contributed by atoms with E-state index in [4.69, 9.17) is 5.11 Å². The Morgan fingerprint density at radius 2 is 1.77 bits per heavy atom. The van der Waals surface area contributed by atoms with Crippen LogP contribution in [-0.2, 0) is 4.79 Å². The Kier molecular flexibility index (Phi) is 3.91. The lowest BCUT2D eigenvalue weighted by atomic mass is 10.1. The fourth-order valence-electron chi connectivity index (χ4n) is 2.95. The van der Waals surface area contributed by atoms with Gasteiger partial charge in [-0.15, -0.1) is 0 Å². The van der Waals surface area contributed by atoms with E-state index in [2.05, 4.69) is 5.43 Å². The summed E-state index contributed by atoms with van der Waals surface area (Å²) >= 11 is 0. The van der Waals surface area contributed by atoms with Gasteiger partial charge in [-0.1, -0.05) is 12.1 Å². The number of hydrogen-bond donors (Lipinski definition) is 2. The highest BCUT2D eigenvalue weighted by Gasteiger charge is 2.37. The standard InChI is InChI=1S/C15H17N3O4/c19-8-7-17-10(5-6-13(17)20)9-16-18-14(21)11-3-1-2-4-12(11)15(18)22/h1-4,10,16,19H,5-9H2/t10-/m1/s1. The first-order chi connectivity index (χ1) is 10.6. The third-order valence-corrected chi connectivity index (χ3v) is 4.07. The van der Waals surface area contributed by atoms with Crippen LogP contribution in [0.15, 0.2) is 24.3 Å². The molecule has 2 aliphatic heterocycles. The van der Waals surface area contributed by atoms with Gasteiger partial charge in [-0.25, -0.2) is 10.4 Å². The van der Waals surface area contributed by atoms with Gasteiger partial charge in [-0.2, -0.15) is 0 Å². The molecule has 7 nitrogen and oxygen atoms in total. The van der Waals surface area contributed by atoms with Gasteiger partial charge in [0.25, 0.3) is 11.8 Å². The number of imide groups is 1. The molecule has 0 unspecified atom stereocenters. The van der Waals surface area contributed by atoms with Crippen molar-refractivity contribution in [1.82, 2.24) is 15.3 Å². The summed E-state index contributed by atoms with van der Waals surface area (Å²) in [6, 6.07) is 6.55. The molecule has 0 spiro atoms. The molecule has 3 rings (SSSR count). The Balaban J connectivity index is 1.67. The first-order valence-corrected chi connectivity index (χ1v) is 7.25. The van der Waals surface area contributed by atoms with Crippen LogP contribution in [0.25, 0.3) is 0 Å². The number of nitrogens with zero attached hydrogens (tertiary/aromatic N) is 2. The van der Waals surface area contributed by atoms with Gasteiger partial charge in [-0.3, -0.25) is 14.4 Å². The zero-order chi connectivity index (χ0) is 15.7. The number of aliphatic hydroxyl groups excluding tert-OH is 1. The van der Waals surface area contributed by atoms with Crippen molar-refractivity contribution in [3.8, 4) is 0 Å². The van der Waals surface area contributed by atoms with Crippen molar-refractivity contribution >= 4 is 17.7 Å². The van der Waals surface area contributed by atoms with E-state index in [-0.39, 0.29) is 36.9 Å². The first kappa shape index (κ1) is 14.7. The third kappa shape index (κ3) is 2.38. The van der Waals surface area contributed by atoms with E-state index < -0.39 is 0 Å². The molecule has 22 heavy (non-hydrogen) atoms. The molecule has 3 amide bonds. The molecule has 2 heterocycles. The van der Waals surface area contributed by atoms with Gasteiger partial charge in [0, 0.05) is 25.6 Å². The summed E-state index contributed by atoms with van der Waals surface area (Å²) in [5.74, 6) is -0.763. The number of rotatable bonds is 5. The number of fused-ring (bicyclic) bond motifs is 1. The van der Waals surface area contributed by atoms with Gasteiger partial charge in [0.2, 0.25) is 5.91 Å². The van der Waals surface area contributed by atoms with Gasteiger partial charge >= 0.3 is 0 Å². The topological polar surface area (TPSA) is 90.0 Å². The maximum atomic E-state index is 12.2. The Morgan fingerprint density at radius 3 is 2.36 bits per heavy atom. The number of β-amino-alcohol motifs (C(OH)–C–C–N with tert-alkyl or cyclic N) is 1. The number of aliphatic hydroxyl groups is 1. The number of nitrogens with one attached hydrogen (secondary N) is 1. The molecule has 1 fully saturated rings. The van der Waals surface area contributed by atoms with Crippen molar-refractivity contribution in [1.29, 1.82) is 0 Å². The Hall–Kier alpha value is -2.25. The fraction of sp³-hybridized carbons (Fsp3) is 0.400. The quantitative estimate of drug-likeness (QED) is 0.733. The molecular formula is C15H17N3O4. The van der Waals surface area contributed by atoms with Crippen LogP contribution in [0.4, 0.5) is 0 Å². The van der Waals surface area contributed by atoms with E-state index in [1.54, 1.807) is 29.2 Å². The summed E-state index contributed by atoms with van der Waals surface area (Å²) in [5, 5.41) is 10.0. The molecule has 0 aliphatic carbocycles. The average molecular weight is 303 g/mol. The number of hydrazine groups is 1. The van der Waals surface area contributed by atoms with E-state index in [1.165, 1.54) is 0 Å². The van der Waals surface area contributed by atoms with E-state index in [9.17, 15) is 14.4 Å². The largest absolute Gasteiger partial charge is 0.395 e. The molecule has 0 bridgehead atoms. The zero-order valence-electron chi connectivity index (χ0n) is 12.0. The number of amides is 3. The monoisotopic (exact) mass is 303 g/mol. The smallest absolute Gasteiger partial charge is 0.276 e. The van der Waals surface area contributed by atoms with E-state index in [0.29, 0.717) is 30.5 Å². The summed E-state index contributed by atoms with van der Waals surface area (Å²) in [6.45, 7) is 0.472.